The van der Waals surface area contributed by atoms with Crippen molar-refractivity contribution in [2.24, 2.45) is 11.8 Å². The van der Waals surface area contributed by atoms with Crippen molar-refractivity contribution in [3.05, 3.63) is 52.0 Å². The highest BCUT2D eigenvalue weighted by atomic mass is 16.3. The molecule has 0 spiro atoms. The van der Waals surface area contributed by atoms with Crippen LogP contribution in [0.25, 0.3) is 0 Å². The fraction of sp³-hybridized carbons (Fsp3) is 0.519. The van der Waals surface area contributed by atoms with Gasteiger partial charge in [-0.25, -0.2) is 0 Å². The molecule has 6 N–H and O–H groups in total. The van der Waals surface area contributed by atoms with E-state index in [2.05, 4.69) is 5.32 Å². The number of benzene rings is 1. The van der Waals surface area contributed by atoms with Gasteiger partial charge in [0.1, 0.15) is 22.8 Å². The first-order valence-electron chi connectivity index (χ1n) is 12.9. The molecule has 1 amide bonds. The number of carbonyl (C=O) groups excluding carboxylic acids is 3. The summed E-state index contributed by atoms with van der Waals surface area (Å²) >= 11 is 0. The molecule has 1 heterocycles. The Hall–Kier alpha value is -3.83. The minimum atomic E-state index is -2.72. The molecule has 40 heavy (non-hydrogen) atoms. The number of hydrogen-bond donors (Lipinski definition) is 6. The normalized spacial score (nSPS) is 31.8. The number of ketones is 2. The van der Waals surface area contributed by atoms with Gasteiger partial charge in [-0.3, -0.25) is 24.2 Å². The predicted molar refractivity (Wildman–Crippen MR) is 138 cm³/mol. The first kappa shape index (κ1) is 29.2. The van der Waals surface area contributed by atoms with E-state index in [4.69, 9.17) is 10.8 Å². The molecule has 0 unspecified atom stereocenters. The average molecular weight is 556 g/mol. The second-order valence-electron chi connectivity index (χ2n) is 11.1. The molecule has 13 nitrogen and oxygen atoms in total. The second kappa shape index (κ2) is 10.3. The minimum absolute atomic E-state index is 0.143. The molecule has 0 aromatic heterocycles. The van der Waals surface area contributed by atoms with Crippen LogP contribution in [0, 0.1) is 22.6 Å². The topological polar surface area (TPSA) is 218 Å². The molecule has 0 bridgehead atoms. The number of phenolic OH excluding ortho intramolecular Hbond substituents is 1. The number of likely N-dealkylation sites (N-methyl/N-ethyl adjacent to an activating group) is 1. The van der Waals surface area contributed by atoms with Gasteiger partial charge < -0.3 is 30.8 Å². The first-order chi connectivity index (χ1) is 18.8. The van der Waals surface area contributed by atoms with E-state index < -0.39 is 75.0 Å². The Kier molecular flexibility index (Phi) is 7.50. The summed E-state index contributed by atoms with van der Waals surface area (Å²) < 4.78 is 0. The molecule has 13 heteroatoms. The van der Waals surface area contributed by atoms with Crippen molar-refractivity contribution in [3.8, 4) is 5.75 Å². The quantitative estimate of drug-likeness (QED) is 0.221. The SMILES string of the molecule is CN(C)[C@@H]1C(O)=C(C(=O)NCN2CCCC2)C(=O)[C@@]2(O)C(O)=C3C(=O)c4c(O)cccc4[C@@](C)(O)[C@H]3C[C@H]12.N#N. The zero-order valence-electron chi connectivity index (χ0n) is 22.5. The van der Waals surface area contributed by atoms with Crippen molar-refractivity contribution in [3.63, 3.8) is 0 Å². The molecule has 0 radical (unpaired) electrons. The van der Waals surface area contributed by atoms with Gasteiger partial charge in [-0.05, 0) is 65.0 Å². The summed E-state index contributed by atoms with van der Waals surface area (Å²) in [5.41, 5.74) is -5.65. The van der Waals surface area contributed by atoms with E-state index >= 15 is 0 Å². The van der Waals surface area contributed by atoms with Crippen LogP contribution in [0.5, 0.6) is 5.75 Å². The van der Waals surface area contributed by atoms with Crippen LogP contribution in [0.2, 0.25) is 0 Å². The number of phenols is 1. The van der Waals surface area contributed by atoms with Crippen molar-refractivity contribution in [1.82, 2.24) is 15.1 Å². The lowest BCUT2D eigenvalue weighted by molar-refractivity contribution is -0.152. The van der Waals surface area contributed by atoms with Gasteiger partial charge >= 0.3 is 0 Å². The number of carbonyl (C=O) groups is 3. The molecule has 1 fully saturated rings. The Balaban J connectivity index is 0.00000181. The summed E-state index contributed by atoms with van der Waals surface area (Å²) in [5, 5.41) is 71.2. The Labute approximate surface area is 230 Å². The summed E-state index contributed by atoms with van der Waals surface area (Å²) in [6, 6.07) is 3.16. The van der Waals surface area contributed by atoms with Gasteiger partial charge in [0.2, 0.25) is 5.78 Å². The van der Waals surface area contributed by atoms with Crippen LogP contribution in [-0.4, -0.2) is 98.3 Å². The Morgan fingerprint density at radius 1 is 1.12 bits per heavy atom. The van der Waals surface area contributed by atoms with Gasteiger partial charge in [-0.1, -0.05) is 12.1 Å². The highest BCUT2D eigenvalue weighted by Gasteiger charge is 2.65. The number of Topliss-reactive ketones (excluding diaryl/α,β-unsaturated/α-hetero) is 2. The molecule has 1 aromatic carbocycles. The number of likely N-dealkylation sites (tertiary alicyclic amines) is 1. The highest BCUT2D eigenvalue weighted by Crippen LogP contribution is 2.56. The van der Waals surface area contributed by atoms with Crippen molar-refractivity contribution < 1.29 is 39.9 Å². The van der Waals surface area contributed by atoms with Crippen molar-refractivity contribution in [1.29, 1.82) is 10.8 Å². The minimum Gasteiger partial charge on any atom is -0.510 e. The van der Waals surface area contributed by atoms with Crippen LogP contribution in [-0.2, 0) is 15.2 Å². The van der Waals surface area contributed by atoms with Crippen molar-refractivity contribution in [2.75, 3.05) is 33.9 Å². The summed E-state index contributed by atoms with van der Waals surface area (Å²) in [5.74, 6) is -7.17. The molecule has 0 saturated carbocycles. The van der Waals surface area contributed by atoms with Crippen LogP contribution >= 0.6 is 0 Å². The fourth-order valence-electron chi connectivity index (χ4n) is 6.70. The first-order valence-corrected chi connectivity index (χ1v) is 12.9. The molecule has 5 rings (SSSR count). The summed E-state index contributed by atoms with van der Waals surface area (Å²) in [4.78, 5) is 44.0. The summed E-state index contributed by atoms with van der Waals surface area (Å²) in [7, 11) is 3.18. The molecule has 5 atom stereocenters. The van der Waals surface area contributed by atoms with E-state index in [1.807, 2.05) is 4.90 Å². The fourth-order valence-corrected chi connectivity index (χ4v) is 6.70. The van der Waals surface area contributed by atoms with Gasteiger partial charge in [0, 0.05) is 28.2 Å². The van der Waals surface area contributed by atoms with Crippen LogP contribution in [0.4, 0.5) is 0 Å². The second-order valence-corrected chi connectivity index (χ2v) is 11.1. The van der Waals surface area contributed by atoms with Gasteiger partial charge in [-0.15, -0.1) is 0 Å². The maximum Gasteiger partial charge on any atom is 0.259 e. The molecular weight excluding hydrogens is 522 g/mol. The molecular formula is C27H33N5O8. The number of aromatic hydroxyl groups is 1. The molecule has 214 valence electrons. The van der Waals surface area contributed by atoms with E-state index in [1.54, 1.807) is 14.1 Å². The predicted octanol–water partition coefficient (Wildman–Crippen LogP) is 0.500. The number of nitrogens with zero attached hydrogens (tertiary/aromatic N) is 4. The molecule has 4 aliphatic rings. The zero-order chi connectivity index (χ0) is 29.7. The average Bonchev–Trinajstić information content (AvgIpc) is 3.43. The number of aliphatic hydroxyl groups excluding tert-OH is 2. The van der Waals surface area contributed by atoms with E-state index in [1.165, 1.54) is 30.0 Å². The number of rotatable bonds is 4. The monoisotopic (exact) mass is 555 g/mol. The van der Waals surface area contributed by atoms with Gasteiger partial charge in [-0.2, -0.15) is 0 Å². The summed E-state index contributed by atoms with van der Waals surface area (Å²) in [6.07, 6.45) is 1.78. The third-order valence-electron chi connectivity index (χ3n) is 8.66. The lowest BCUT2D eigenvalue weighted by atomic mass is 9.55. The Bertz CT molecular complexity index is 1340. The molecule has 3 aliphatic carbocycles. The van der Waals surface area contributed by atoms with Gasteiger partial charge in [0.25, 0.3) is 5.91 Å². The zero-order valence-corrected chi connectivity index (χ0v) is 22.5. The van der Waals surface area contributed by atoms with E-state index in [-0.39, 0.29) is 24.2 Å². The van der Waals surface area contributed by atoms with E-state index in [0.717, 1.165) is 25.9 Å². The third-order valence-corrected chi connectivity index (χ3v) is 8.66. The molecule has 1 aromatic rings. The standard InChI is InChI=1S/C27H33N3O8.N2/c1-26(37)13-7-6-8-16(31)17(13)21(32)18-14(26)11-15-20(29(2)3)22(33)19(24(35)27(15,38)23(18)34)25(36)28-12-30-9-4-5-10-30;1-2/h6-8,14-15,20,31,33-34,37-38H,4-5,9-12H2,1-3H3,(H,28,36);/t14-,15+,20-,26+,27-;/m0./s1. The Morgan fingerprint density at radius 3 is 2.35 bits per heavy atom. The number of fused-ring (bicyclic) bond motifs is 3. The van der Waals surface area contributed by atoms with Crippen LogP contribution in [0.15, 0.2) is 40.9 Å². The number of amides is 1. The van der Waals surface area contributed by atoms with E-state index in [9.17, 15) is 39.9 Å². The maximum atomic E-state index is 13.8. The van der Waals surface area contributed by atoms with Crippen molar-refractivity contribution in [2.45, 2.75) is 43.4 Å². The lowest BCUT2D eigenvalue weighted by Crippen LogP contribution is -2.65. The van der Waals surface area contributed by atoms with Gasteiger partial charge in [0.15, 0.2) is 11.4 Å². The smallest absolute Gasteiger partial charge is 0.259 e. The number of aliphatic hydroxyl groups is 4. The van der Waals surface area contributed by atoms with Crippen LogP contribution in [0.3, 0.4) is 0 Å². The Morgan fingerprint density at radius 2 is 1.75 bits per heavy atom. The van der Waals surface area contributed by atoms with Crippen molar-refractivity contribution >= 4 is 17.5 Å². The maximum absolute atomic E-state index is 13.8. The summed E-state index contributed by atoms with van der Waals surface area (Å²) in [6.45, 7) is 3.12. The van der Waals surface area contributed by atoms with Crippen LogP contribution < -0.4 is 5.32 Å². The molecule has 1 saturated heterocycles. The third kappa shape index (κ3) is 4.06. The van der Waals surface area contributed by atoms with Crippen LogP contribution in [0.1, 0.15) is 42.1 Å². The number of hydrogen-bond acceptors (Lipinski definition) is 12. The molecule has 1 aliphatic heterocycles. The lowest BCUT2D eigenvalue weighted by Gasteiger charge is -2.52. The van der Waals surface area contributed by atoms with Gasteiger partial charge in [0.05, 0.1) is 23.9 Å². The highest BCUT2D eigenvalue weighted by molar-refractivity contribution is 6.25. The van der Waals surface area contributed by atoms with E-state index in [0.29, 0.717) is 0 Å². The largest absolute Gasteiger partial charge is 0.510 e. The number of nitrogens with one attached hydrogen (secondary N) is 1.